The van der Waals surface area contributed by atoms with Gasteiger partial charge in [-0.3, -0.25) is 4.79 Å². The summed E-state index contributed by atoms with van der Waals surface area (Å²) in [5.41, 5.74) is 0. The molecule has 92 valence electrons. The normalized spacial score (nSPS) is 29.0. The molecule has 2 aliphatic heterocycles. The molecule has 0 bridgehead atoms. The number of nitrogens with zero attached hydrogens (tertiary/aromatic N) is 2. The molecule has 0 aromatic rings. The van der Waals surface area contributed by atoms with E-state index in [1.807, 2.05) is 4.90 Å². The quantitative estimate of drug-likeness (QED) is 0.704. The van der Waals surface area contributed by atoms with E-state index in [1.54, 1.807) is 0 Å². The SMILES string of the molecule is CC1CCN(CCN2CC(Cl)CC2=O)CC1. The predicted molar refractivity (Wildman–Crippen MR) is 65.7 cm³/mol. The van der Waals surface area contributed by atoms with Crippen LogP contribution < -0.4 is 0 Å². The molecule has 2 saturated heterocycles. The van der Waals surface area contributed by atoms with E-state index in [-0.39, 0.29) is 11.3 Å². The van der Waals surface area contributed by atoms with Crippen molar-refractivity contribution in [2.45, 2.75) is 31.6 Å². The molecule has 2 heterocycles. The Morgan fingerprint density at radius 2 is 2.00 bits per heavy atom. The largest absolute Gasteiger partial charge is 0.340 e. The Hall–Kier alpha value is -0.280. The minimum atomic E-state index is 0.0360. The molecule has 0 saturated carbocycles. The Kier molecular flexibility index (Phi) is 4.09. The summed E-state index contributed by atoms with van der Waals surface area (Å²) >= 11 is 5.97. The minimum absolute atomic E-state index is 0.0360. The van der Waals surface area contributed by atoms with E-state index >= 15 is 0 Å². The Morgan fingerprint density at radius 1 is 1.31 bits per heavy atom. The van der Waals surface area contributed by atoms with Gasteiger partial charge in [0, 0.05) is 26.1 Å². The van der Waals surface area contributed by atoms with E-state index in [4.69, 9.17) is 11.6 Å². The zero-order chi connectivity index (χ0) is 11.5. The third-order valence-corrected chi connectivity index (χ3v) is 4.02. The molecule has 1 atom stereocenters. The molecular formula is C12H21ClN2O. The summed E-state index contributed by atoms with van der Waals surface area (Å²) in [4.78, 5) is 15.9. The summed E-state index contributed by atoms with van der Waals surface area (Å²) in [5.74, 6) is 1.10. The molecule has 0 spiro atoms. The molecule has 16 heavy (non-hydrogen) atoms. The molecule has 0 aromatic heterocycles. The van der Waals surface area contributed by atoms with Crippen LogP contribution in [0.25, 0.3) is 0 Å². The van der Waals surface area contributed by atoms with Crippen LogP contribution in [0.5, 0.6) is 0 Å². The lowest BCUT2D eigenvalue weighted by Crippen LogP contribution is -2.39. The van der Waals surface area contributed by atoms with Crippen LogP contribution in [0.15, 0.2) is 0 Å². The van der Waals surface area contributed by atoms with Crippen molar-refractivity contribution in [1.82, 2.24) is 9.80 Å². The van der Waals surface area contributed by atoms with Gasteiger partial charge in [0.05, 0.1) is 5.38 Å². The number of rotatable bonds is 3. The van der Waals surface area contributed by atoms with Gasteiger partial charge in [-0.15, -0.1) is 11.6 Å². The smallest absolute Gasteiger partial charge is 0.224 e. The number of carbonyl (C=O) groups excluding carboxylic acids is 1. The lowest BCUT2D eigenvalue weighted by Gasteiger charge is -2.31. The number of hydrogen-bond acceptors (Lipinski definition) is 2. The summed E-state index contributed by atoms with van der Waals surface area (Å²) in [6, 6.07) is 0. The van der Waals surface area contributed by atoms with Crippen LogP contribution in [-0.2, 0) is 4.79 Å². The number of alkyl halides is 1. The zero-order valence-electron chi connectivity index (χ0n) is 9.99. The fourth-order valence-corrected chi connectivity index (χ4v) is 2.79. The standard InChI is InChI=1S/C12H21ClN2O/c1-10-2-4-14(5-3-10)6-7-15-9-11(13)8-12(15)16/h10-11H,2-9H2,1H3. The molecular weight excluding hydrogens is 224 g/mol. The van der Waals surface area contributed by atoms with Gasteiger partial charge < -0.3 is 9.80 Å². The first-order valence-electron chi connectivity index (χ1n) is 6.29. The van der Waals surface area contributed by atoms with Crippen LogP contribution in [0, 0.1) is 5.92 Å². The molecule has 1 unspecified atom stereocenters. The number of halogens is 1. The molecule has 2 aliphatic rings. The van der Waals surface area contributed by atoms with Gasteiger partial charge >= 0.3 is 0 Å². The molecule has 0 aliphatic carbocycles. The van der Waals surface area contributed by atoms with Gasteiger partial charge in [0.15, 0.2) is 0 Å². The fraction of sp³-hybridized carbons (Fsp3) is 0.917. The molecule has 2 fully saturated rings. The van der Waals surface area contributed by atoms with E-state index in [0.29, 0.717) is 6.42 Å². The summed E-state index contributed by atoms with van der Waals surface area (Å²) < 4.78 is 0. The third kappa shape index (κ3) is 3.11. The van der Waals surface area contributed by atoms with Crippen LogP contribution in [0.1, 0.15) is 26.2 Å². The topological polar surface area (TPSA) is 23.6 Å². The van der Waals surface area contributed by atoms with Gasteiger partial charge in [-0.25, -0.2) is 0 Å². The summed E-state index contributed by atoms with van der Waals surface area (Å²) in [6.45, 7) is 7.31. The van der Waals surface area contributed by atoms with Gasteiger partial charge in [-0.05, 0) is 31.8 Å². The van der Waals surface area contributed by atoms with Crippen LogP contribution in [0.3, 0.4) is 0 Å². The summed E-state index contributed by atoms with van der Waals surface area (Å²) in [7, 11) is 0. The number of piperidine rings is 1. The Bertz CT molecular complexity index is 251. The zero-order valence-corrected chi connectivity index (χ0v) is 10.7. The van der Waals surface area contributed by atoms with Crippen molar-refractivity contribution in [3.63, 3.8) is 0 Å². The highest BCUT2D eigenvalue weighted by atomic mass is 35.5. The maximum absolute atomic E-state index is 11.5. The van der Waals surface area contributed by atoms with Crippen molar-refractivity contribution in [3.8, 4) is 0 Å². The molecule has 0 aromatic carbocycles. The highest BCUT2D eigenvalue weighted by Crippen LogP contribution is 2.18. The molecule has 3 nitrogen and oxygen atoms in total. The Labute approximate surface area is 103 Å². The van der Waals surface area contributed by atoms with E-state index in [0.717, 1.165) is 25.6 Å². The first-order valence-corrected chi connectivity index (χ1v) is 6.73. The molecule has 1 amide bonds. The van der Waals surface area contributed by atoms with Crippen molar-refractivity contribution in [3.05, 3.63) is 0 Å². The fourth-order valence-electron chi connectivity index (χ4n) is 2.49. The molecule has 0 radical (unpaired) electrons. The maximum atomic E-state index is 11.5. The average molecular weight is 245 g/mol. The van der Waals surface area contributed by atoms with Crippen LogP contribution in [-0.4, -0.2) is 53.8 Å². The van der Waals surface area contributed by atoms with E-state index < -0.39 is 0 Å². The van der Waals surface area contributed by atoms with E-state index in [1.165, 1.54) is 25.9 Å². The first-order chi connectivity index (χ1) is 7.65. The van der Waals surface area contributed by atoms with E-state index in [9.17, 15) is 4.79 Å². The lowest BCUT2D eigenvalue weighted by molar-refractivity contribution is -0.127. The maximum Gasteiger partial charge on any atom is 0.224 e. The van der Waals surface area contributed by atoms with Gasteiger partial charge in [0.2, 0.25) is 5.91 Å². The number of likely N-dealkylation sites (tertiary alicyclic amines) is 2. The number of amides is 1. The van der Waals surface area contributed by atoms with Gasteiger partial charge in [0.1, 0.15) is 0 Å². The van der Waals surface area contributed by atoms with Crippen molar-refractivity contribution in [2.24, 2.45) is 5.92 Å². The van der Waals surface area contributed by atoms with Crippen molar-refractivity contribution < 1.29 is 4.79 Å². The van der Waals surface area contributed by atoms with Crippen LogP contribution in [0.4, 0.5) is 0 Å². The Morgan fingerprint density at radius 3 is 2.56 bits per heavy atom. The average Bonchev–Trinajstić information content (AvgIpc) is 2.57. The van der Waals surface area contributed by atoms with Gasteiger partial charge in [-0.1, -0.05) is 6.92 Å². The molecule has 4 heteroatoms. The predicted octanol–water partition coefficient (Wildman–Crippen LogP) is 1.56. The lowest BCUT2D eigenvalue weighted by atomic mass is 9.99. The monoisotopic (exact) mass is 244 g/mol. The van der Waals surface area contributed by atoms with Crippen LogP contribution >= 0.6 is 11.6 Å². The second kappa shape index (κ2) is 5.37. The highest BCUT2D eigenvalue weighted by Gasteiger charge is 2.28. The third-order valence-electron chi connectivity index (χ3n) is 3.73. The number of hydrogen-bond donors (Lipinski definition) is 0. The van der Waals surface area contributed by atoms with E-state index in [2.05, 4.69) is 11.8 Å². The highest BCUT2D eigenvalue weighted by molar-refractivity contribution is 6.22. The minimum Gasteiger partial charge on any atom is -0.340 e. The Balaban J connectivity index is 1.69. The molecule has 0 N–H and O–H groups in total. The van der Waals surface area contributed by atoms with Crippen LogP contribution in [0.2, 0.25) is 0 Å². The van der Waals surface area contributed by atoms with Crippen molar-refractivity contribution in [1.29, 1.82) is 0 Å². The number of carbonyl (C=O) groups is 1. The summed E-state index contributed by atoms with van der Waals surface area (Å²) in [6.07, 6.45) is 3.12. The van der Waals surface area contributed by atoms with Crippen molar-refractivity contribution in [2.75, 3.05) is 32.7 Å². The molecule has 2 rings (SSSR count). The summed E-state index contributed by atoms with van der Waals surface area (Å²) in [5, 5.41) is 0.0360. The van der Waals surface area contributed by atoms with Gasteiger partial charge in [0.25, 0.3) is 0 Å². The van der Waals surface area contributed by atoms with Gasteiger partial charge in [-0.2, -0.15) is 0 Å². The first kappa shape index (κ1) is 12.2. The second-order valence-electron chi connectivity index (χ2n) is 5.17. The second-order valence-corrected chi connectivity index (χ2v) is 5.78. The van der Waals surface area contributed by atoms with Crippen molar-refractivity contribution >= 4 is 17.5 Å².